The topological polar surface area (TPSA) is 84.7 Å². The number of rotatable bonds is 4. The van der Waals surface area contributed by atoms with Crippen LogP contribution in [-0.4, -0.2) is 40.8 Å². The van der Waals surface area contributed by atoms with Gasteiger partial charge in [0.2, 0.25) is 0 Å². The van der Waals surface area contributed by atoms with Crippen LogP contribution in [0.3, 0.4) is 0 Å². The Labute approximate surface area is 178 Å². The van der Waals surface area contributed by atoms with Crippen LogP contribution in [0, 0.1) is 6.92 Å². The van der Waals surface area contributed by atoms with E-state index in [9.17, 15) is 4.79 Å². The van der Waals surface area contributed by atoms with Crippen LogP contribution in [0.25, 0.3) is 38.8 Å². The van der Waals surface area contributed by atoms with Gasteiger partial charge in [-0.15, -0.1) is 0 Å². The van der Waals surface area contributed by atoms with E-state index in [-0.39, 0.29) is 5.69 Å². The Balaban J connectivity index is 1.92. The molecule has 1 aromatic carbocycles. The molecule has 0 aliphatic rings. The third-order valence-electron chi connectivity index (χ3n) is 5.71. The summed E-state index contributed by atoms with van der Waals surface area (Å²) in [5, 5.41) is 9.69. The van der Waals surface area contributed by atoms with E-state index in [1.165, 1.54) is 0 Å². The lowest BCUT2D eigenvalue weighted by Gasteiger charge is -2.11. The lowest BCUT2D eigenvalue weighted by molar-refractivity contribution is 0.417. The summed E-state index contributed by atoms with van der Waals surface area (Å²) in [5.74, 6) is 0.701. The van der Waals surface area contributed by atoms with Gasteiger partial charge in [0.1, 0.15) is 5.75 Å². The minimum atomic E-state index is -0.137. The van der Waals surface area contributed by atoms with Crippen LogP contribution in [0.1, 0.15) is 12.6 Å². The second-order valence-corrected chi connectivity index (χ2v) is 7.60. The molecule has 31 heavy (non-hydrogen) atoms. The molecule has 0 bridgehead atoms. The molecular weight excluding hydrogens is 394 g/mol. The number of imidazole rings is 1. The number of aryl methyl sites for hydroxylation is 4. The number of nitrogens with zero attached hydrogens (tertiary/aromatic N) is 7. The lowest BCUT2D eigenvalue weighted by Crippen LogP contribution is -2.21. The van der Waals surface area contributed by atoms with Crippen molar-refractivity contribution in [2.45, 2.75) is 20.4 Å². The van der Waals surface area contributed by atoms with Crippen molar-refractivity contribution in [2.75, 3.05) is 7.11 Å². The summed E-state index contributed by atoms with van der Waals surface area (Å²) in [4.78, 5) is 17.9. The van der Waals surface area contributed by atoms with Crippen molar-refractivity contribution < 1.29 is 4.74 Å². The Morgan fingerprint density at radius 1 is 1.13 bits per heavy atom. The van der Waals surface area contributed by atoms with Gasteiger partial charge in [0.15, 0.2) is 0 Å². The zero-order chi connectivity index (χ0) is 21.9. The molecule has 0 unspecified atom stereocenters. The number of ether oxygens (including phenoxy) is 1. The van der Waals surface area contributed by atoms with Crippen LogP contribution in [0.2, 0.25) is 0 Å². The summed E-state index contributed by atoms with van der Waals surface area (Å²) in [6, 6.07) is 3.93. The third kappa shape index (κ3) is 2.77. The van der Waals surface area contributed by atoms with Crippen LogP contribution in [-0.2, 0) is 20.6 Å². The molecule has 4 heterocycles. The van der Waals surface area contributed by atoms with E-state index in [0.29, 0.717) is 5.75 Å². The Bertz CT molecular complexity index is 1520. The van der Waals surface area contributed by atoms with Gasteiger partial charge in [-0.1, -0.05) is 0 Å². The molecular formula is C22H23N7O2. The molecule has 0 N–H and O–H groups in total. The molecule has 9 nitrogen and oxygen atoms in total. The highest BCUT2D eigenvalue weighted by molar-refractivity contribution is 6.05. The number of hydrogen-bond donors (Lipinski definition) is 0. The number of hydrogen-bond acceptors (Lipinski definition) is 5. The van der Waals surface area contributed by atoms with Crippen molar-refractivity contribution in [3.05, 3.63) is 53.1 Å². The molecule has 0 radical (unpaired) electrons. The molecule has 158 valence electrons. The van der Waals surface area contributed by atoms with Gasteiger partial charge in [-0.05, 0) is 19.9 Å². The van der Waals surface area contributed by atoms with Crippen molar-refractivity contribution in [1.29, 1.82) is 0 Å². The van der Waals surface area contributed by atoms with Crippen LogP contribution < -0.4 is 10.4 Å². The molecule has 0 saturated carbocycles. The van der Waals surface area contributed by atoms with Gasteiger partial charge in [-0.3, -0.25) is 23.5 Å². The SMILES string of the molecule is CCn1cc(-n2c(=O)n(C)c3cnc4cc(OC)c(-c5cnn(C)c5)cc4c32)c(C)n1. The van der Waals surface area contributed by atoms with Gasteiger partial charge < -0.3 is 4.74 Å². The predicted molar refractivity (Wildman–Crippen MR) is 119 cm³/mol. The molecule has 0 saturated heterocycles. The van der Waals surface area contributed by atoms with E-state index in [0.717, 1.165) is 51.0 Å². The van der Waals surface area contributed by atoms with E-state index in [1.54, 1.807) is 40.4 Å². The highest BCUT2D eigenvalue weighted by atomic mass is 16.5. The smallest absolute Gasteiger partial charge is 0.333 e. The summed E-state index contributed by atoms with van der Waals surface area (Å²) < 4.78 is 12.6. The average Bonchev–Trinajstić information content (AvgIpc) is 3.43. The van der Waals surface area contributed by atoms with Crippen molar-refractivity contribution >= 4 is 21.9 Å². The number of fused-ring (bicyclic) bond motifs is 3. The van der Waals surface area contributed by atoms with E-state index >= 15 is 0 Å². The zero-order valence-corrected chi connectivity index (χ0v) is 18.1. The Hall–Kier alpha value is -3.88. The van der Waals surface area contributed by atoms with Gasteiger partial charge in [-0.2, -0.15) is 10.2 Å². The first-order valence-corrected chi connectivity index (χ1v) is 10.0. The molecule has 4 aromatic heterocycles. The van der Waals surface area contributed by atoms with Crippen molar-refractivity contribution in [1.82, 2.24) is 33.7 Å². The molecule has 0 atom stereocenters. The molecule has 0 aliphatic carbocycles. The van der Waals surface area contributed by atoms with Gasteiger partial charge >= 0.3 is 5.69 Å². The average molecular weight is 417 g/mol. The summed E-state index contributed by atoms with van der Waals surface area (Å²) in [7, 11) is 5.28. The van der Waals surface area contributed by atoms with E-state index in [1.807, 2.05) is 50.1 Å². The lowest BCUT2D eigenvalue weighted by atomic mass is 10.0. The molecule has 0 amide bonds. The minimum absolute atomic E-state index is 0.137. The Morgan fingerprint density at radius 2 is 1.94 bits per heavy atom. The fourth-order valence-corrected chi connectivity index (χ4v) is 4.09. The zero-order valence-electron chi connectivity index (χ0n) is 18.1. The molecule has 0 aliphatic heterocycles. The standard InChI is InChI=1S/C22H23N7O2/c1-6-28-12-19(13(2)25-28)29-21-16-7-15(14-9-24-26(3)11-14)20(31-5)8-17(16)23-10-18(21)27(4)22(29)30/h7-12H,6H2,1-5H3. The first-order chi connectivity index (χ1) is 14.9. The van der Waals surface area contributed by atoms with Crippen molar-refractivity contribution in [3.8, 4) is 22.6 Å². The largest absolute Gasteiger partial charge is 0.496 e. The maximum absolute atomic E-state index is 13.3. The maximum Gasteiger partial charge on any atom is 0.333 e. The molecule has 0 spiro atoms. The monoisotopic (exact) mass is 417 g/mol. The van der Waals surface area contributed by atoms with Crippen LogP contribution >= 0.6 is 0 Å². The summed E-state index contributed by atoms with van der Waals surface area (Å²) >= 11 is 0. The first-order valence-electron chi connectivity index (χ1n) is 10.0. The van der Waals surface area contributed by atoms with Gasteiger partial charge in [0, 0.05) is 55.6 Å². The Kier molecular flexibility index (Phi) is 4.21. The van der Waals surface area contributed by atoms with E-state index < -0.39 is 0 Å². The quantitative estimate of drug-likeness (QED) is 0.449. The van der Waals surface area contributed by atoms with E-state index in [2.05, 4.69) is 15.2 Å². The fourth-order valence-electron chi connectivity index (χ4n) is 4.09. The minimum Gasteiger partial charge on any atom is -0.496 e. The first kappa shape index (κ1) is 19.1. The molecule has 5 aromatic rings. The van der Waals surface area contributed by atoms with Crippen LogP contribution in [0.5, 0.6) is 5.75 Å². The third-order valence-corrected chi connectivity index (χ3v) is 5.71. The summed E-state index contributed by atoms with van der Waals surface area (Å²) in [6.07, 6.45) is 7.38. The van der Waals surface area contributed by atoms with Gasteiger partial charge in [0.25, 0.3) is 0 Å². The summed E-state index contributed by atoms with van der Waals surface area (Å²) in [5.41, 5.74) is 5.54. The number of pyridine rings is 1. The van der Waals surface area contributed by atoms with Crippen LogP contribution in [0.15, 0.2) is 41.7 Å². The van der Waals surface area contributed by atoms with Gasteiger partial charge in [-0.25, -0.2) is 4.79 Å². The van der Waals surface area contributed by atoms with Crippen molar-refractivity contribution in [2.24, 2.45) is 14.1 Å². The second-order valence-electron chi connectivity index (χ2n) is 7.60. The highest BCUT2D eigenvalue weighted by Crippen LogP contribution is 2.36. The van der Waals surface area contributed by atoms with Crippen molar-refractivity contribution in [3.63, 3.8) is 0 Å². The normalized spacial score (nSPS) is 11.6. The number of benzene rings is 1. The number of aromatic nitrogens is 7. The van der Waals surface area contributed by atoms with Gasteiger partial charge in [0.05, 0.1) is 47.4 Å². The van der Waals surface area contributed by atoms with Crippen LogP contribution in [0.4, 0.5) is 0 Å². The molecule has 9 heteroatoms. The fraction of sp³-hybridized carbons (Fsp3) is 0.273. The van der Waals surface area contributed by atoms with E-state index in [4.69, 9.17) is 4.74 Å². The maximum atomic E-state index is 13.3. The Morgan fingerprint density at radius 3 is 2.58 bits per heavy atom. The highest BCUT2D eigenvalue weighted by Gasteiger charge is 2.21. The second kappa shape index (κ2) is 6.83. The summed E-state index contributed by atoms with van der Waals surface area (Å²) in [6.45, 7) is 4.67. The number of methoxy groups -OCH3 is 1. The molecule has 0 fully saturated rings. The predicted octanol–water partition coefficient (Wildman–Crippen LogP) is 2.81. The molecule has 5 rings (SSSR count).